The molecule has 2 aromatic carbocycles. The van der Waals surface area contributed by atoms with Crippen LogP contribution >= 0.6 is 0 Å². The van der Waals surface area contributed by atoms with Crippen molar-refractivity contribution >= 4 is 27.6 Å². The summed E-state index contributed by atoms with van der Waals surface area (Å²) >= 11 is 0. The van der Waals surface area contributed by atoms with E-state index in [-0.39, 0.29) is 19.0 Å². The van der Waals surface area contributed by atoms with E-state index in [0.29, 0.717) is 57.2 Å². The van der Waals surface area contributed by atoms with Crippen molar-refractivity contribution in [1.82, 2.24) is 15.0 Å². The third-order valence-electron chi connectivity index (χ3n) is 5.52. The van der Waals surface area contributed by atoms with Crippen LogP contribution in [0, 0.1) is 24.1 Å². The molecule has 4 rings (SSSR count). The predicted molar refractivity (Wildman–Crippen MR) is 138 cm³/mol. The fraction of sp³-hybridized carbons (Fsp3) is 0.296. The molecule has 0 amide bonds. The van der Waals surface area contributed by atoms with E-state index >= 15 is 0 Å². The van der Waals surface area contributed by atoms with Gasteiger partial charge in [-0.3, -0.25) is 0 Å². The molecule has 36 heavy (non-hydrogen) atoms. The molecule has 2 aromatic heterocycles. The standard InChI is InChI=1S/C27H28FN5O3/c1-6-10-33(5)20-14-18(28)13-19-23-24(30-16(2)31-26(23)32-25(19)20)17-7-8-21(36-15-27(3,4)34)22(12-17)35-11-9-29/h6-8,12-14,34H,1,10-11,15H2,2-5H3,(H,30,31,32). The first-order valence-corrected chi connectivity index (χ1v) is 11.4. The number of nitrogens with one attached hydrogen (secondary N) is 1. The molecular weight excluding hydrogens is 461 g/mol. The Bertz CT molecular complexity index is 1480. The van der Waals surface area contributed by atoms with Crippen LogP contribution in [0.3, 0.4) is 0 Å². The second kappa shape index (κ2) is 9.84. The van der Waals surface area contributed by atoms with Crippen LogP contribution in [-0.4, -0.2) is 52.5 Å². The maximum atomic E-state index is 14.8. The first-order valence-electron chi connectivity index (χ1n) is 11.4. The number of rotatable bonds is 9. The summed E-state index contributed by atoms with van der Waals surface area (Å²) in [6.45, 7) is 9.22. The number of halogens is 1. The lowest BCUT2D eigenvalue weighted by Crippen LogP contribution is -2.28. The number of benzene rings is 2. The SMILES string of the molecule is C=CCN(C)c1cc(F)cc2c1[nH]c1nc(C)nc(-c3ccc(OCC(C)(C)O)c(OCC#N)c3)c12. The highest BCUT2D eigenvalue weighted by Crippen LogP contribution is 2.39. The topological polar surface area (TPSA) is 107 Å². The molecule has 0 aliphatic rings. The quantitative estimate of drug-likeness (QED) is 0.322. The fourth-order valence-corrected chi connectivity index (χ4v) is 4.01. The number of fused-ring (bicyclic) bond motifs is 3. The number of aryl methyl sites for hydroxylation is 1. The maximum absolute atomic E-state index is 14.8. The molecule has 9 heteroatoms. The Morgan fingerprint density at radius 1 is 1.22 bits per heavy atom. The van der Waals surface area contributed by atoms with Crippen molar-refractivity contribution < 1.29 is 19.0 Å². The molecule has 0 spiro atoms. The van der Waals surface area contributed by atoms with Crippen molar-refractivity contribution in [1.29, 1.82) is 5.26 Å². The number of aromatic nitrogens is 3. The molecule has 8 nitrogen and oxygen atoms in total. The van der Waals surface area contributed by atoms with Crippen LogP contribution in [0.25, 0.3) is 33.2 Å². The third-order valence-corrected chi connectivity index (χ3v) is 5.52. The highest BCUT2D eigenvalue weighted by atomic mass is 19.1. The lowest BCUT2D eigenvalue weighted by Gasteiger charge is -2.19. The van der Waals surface area contributed by atoms with Gasteiger partial charge in [0.1, 0.15) is 30.0 Å². The van der Waals surface area contributed by atoms with Gasteiger partial charge in [0.15, 0.2) is 18.1 Å². The Balaban J connectivity index is 1.92. The summed E-state index contributed by atoms with van der Waals surface area (Å²) in [6, 6.07) is 10.1. The van der Waals surface area contributed by atoms with Crippen molar-refractivity contribution in [2.45, 2.75) is 26.4 Å². The Hall–Kier alpha value is -4.16. The summed E-state index contributed by atoms with van der Waals surface area (Å²) in [5.41, 5.74) is 2.21. The summed E-state index contributed by atoms with van der Waals surface area (Å²) in [7, 11) is 1.87. The van der Waals surface area contributed by atoms with E-state index in [1.54, 1.807) is 39.0 Å². The van der Waals surface area contributed by atoms with Gasteiger partial charge in [0, 0.05) is 24.5 Å². The summed E-state index contributed by atoms with van der Waals surface area (Å²) in [6.07, 6.45) is 1.75. The molecule has 0 aliphatic heterocycles. The number of H-pyrrole nitrogens is 1. The van der Waals surface area contributed by atoms with Gasteiger partial charge in [-0.1, -0.05) is 6.08 Å². The van der Waals surface area contributed by atoms with Gasteiger partial charge in [0.25, 0.3) is 0 Å². The van der Waals surface area contributed by atoms with Crippen LogP contribution in [0.4, 0.5) is 10.1 Å². The molecule has 2 N–H and O–H groups in total. The van der Waals surface area contributed by atoms with Crippen LogP contribution < -0.4 is 14.4 Å². The van der Waals surface area contributed by atoms with Gasteiger partial charge in [0.05, 0.1) is 27.9 Å². The zero-order chi connectivity index (χ0) is 26.0. The van der Waals surface area contributed by atoms with E-state index in [2.05, 4.69) is 21.5 Å². The average Bonchev–Trinajstić information content (AvgIpc) is 3.18. The van der Waals surface area contributed by atoms with E-state index in [9.17, 15) is 9.50 Å². The highest BCUT2D eigenvalue weighted by molar-refractivity contribution is 6.15. The minimum atomic E-state index is -1.05. The molecule has 0 saturated heterocycles. The first kappa shape index (κ1) is 24.9. The molecule has 4 aromatic rings. The molecule has 0 bridgehead atoms. The Morgan fingerprint density at radius 2 is 2.00 bits per heavy atom. The molecule has 2 heterocycles. The minimum Gasteiger partial charge on any atom is -0.487 e. The summed E-state index contributed by atoms with van der Waals surface area (Å²) in [4.78, 5) is 14.5. The molecule has 0 fully saturated rings. The van der Waals surface area contributed by atoms with Crippen LogP contribution in [0.1, 0.15) is 19.7 Å². The van der Waals surface area contributed by atoms with Crippen LogP contribution in [0.2, 0.25) is 0 Å². The van der Waals surface area contributed by atoms with Crippen molar-refractivity contribution in [3.63, 3.8) is 0 Å². The Morgan fingerprint density at radius 3 is 2.69 bits per heavy atom. The van der Waals surface area contributed by atoms with Gasteiger partial charge in [-0.15, -0.1) is 6.58 Å². The minimum absolute atomic E-state index is 0.0366. The van der Waals surface area contributed by atoms with E-state index in [1.807, 2.05) is 24.1 Å². The largest absolute Gasteiger partial charge is 0.487 e. The number of ether oxygens (including phenoxy) is 2. The van der Waals surface area contributed by atoms with E-state index < -0.39 is 5.60 Å². The van der Waals surface area contributed by atoms with Gasteiger partial charge in [-0.05, 0) is 51.1 Å². The Kier molecular flexibility index (Phi) is 6.82. The first-order chi connectivity index (χ1) is 17.1. The van der Waals surface area contributed by atoms with Gasteiger partial charge in [-0.2, -0.15) is 5.26 Å². The molecule has 0 atom stereocenters. The smallest absolute Gasteiger partial charge is 0.174 e. The maximum Gasteiger partial charge on any atom is 0.174 e. The van der Waals surface area contributed by atoms with Gasteiger partial charge in [-0.25, -0.2) is 14.4 Å². The number of hydrogen-bond acceptors (Lipinski definition) is 7. The fourth-order valence-electron chi connectivity index (χ4n) is 4.01. The van der Waals surface area contributed by atoms with Gasteiger partial charge in [0.2, 0.25) is 0 Å². The predicted octanol–water partition coefficient (Wildman–Crippen LogP) is 4.90. The van der Waals surface area contributed by atoms with Crippen molar-refractivity contribution in [2.75, 3.05) is 31.7 Å². The Labute approximate surface area is 208 Å². The molecule has 0 saturated carbocycles. The normalized spacial score (nSPS) is 11.5. The second-order valence-corrected chi connectivity index (χ2v) is 9.19. The summed E-state index contributed by atoms with van der Waals surface area (Å²) in [5, 5.41) is 20.4. The molecule has 186 valence electrons. The number of likely N-dealkylation sites (N-methyl/N-ethyl adjacent to an activating group) is 1. The van der Waals surface area contributed by atoms with Crippen LogP contribution in [0.5, 0.6) is 11.5 Å². The zero-order valence-electron chi connectivity index (χ0n) is 20.7. The van der Waals surface area contributed by atoms with Gasteiger partial charge >= 0.3 is 0 Å². The monoisotopic (exact) mass is 489 g/mol. The van der Waals surface area contributed by atoms with Gasteiger partial charge < -0.3 is 24.5 Å². The third kappa shape index (κ3) is 5.09. The zero-order valence-corrected chi connectivity index (χ0v) is 20.7. The van der Waals surface area contributed by atoms with Crippen molar-refractivity contribution in [3.8, 4) is 28.8 Å². The molecular formula is C27H28FN5O3. The number of nitriles is 1. The van der Waals surface area contributed by atoms with Crippen molar-refractivity contribution in [2.24, 2.45) is 0 Å². The van der Waals surface area contributed by atoms with E-state index in [0.717, 1.165) is 5.52 Å². The number of hydrogen-bond donors (Lipinski definition) is 2. The summed E-state index contributed by atoms with van der Waals surface area (Å²) < 4.78 is 26.1. The van der Waals surface area contributed by atoms with Crippen LogP contribution in [0.15, 0.2) is 43.0 Å². The van der Waals surface area contributed by atoms with Crippen molar-refractivity contribution in [3.05, 3.63) is 54.6 Å². The second-order valence-electron chi connectivity index (χ2n) is 9.19. The number of nitrogens with zero attached hydrogens (tertiary/aromatic N) is 4. The average molecular weight is 490 g/mol. The van der Waals surface area contributed by atoms with E-state index in [4.69, 9.17) is 14.7 Å². The number of aliphatic hydroxyl groups is 1. The molecule has 0 aliphatic carbocycles. The molecule has 0 radical (unpaired) electrons. The lowest BCUT2D eigenvalue weighted by atomic mass is 10.0. The van der Waals surface area contributed by atoms with Crippen LogP contribution in [-0.2, 0) is 0 Å². The number of aromatic amines is 1. The number of anilines is 1. The summed E-state index contributed by atoms with van der Waals surface area (Å²) in [5.74, 6) is 0.873. The lowest BCUT2D eigenvalue weighted by molar-refractivity contribution is 0.0275. The molecule has 0 unspecified atom stereocenters. The van der Waals surface area contributed by atoms with E-state index in [1.165, 1.54) is 12.1 Å². The highest BCUT2D eigenvalue weighted by Gasteiger charge is 2.21.